The van der Waals surface area contributed by atoms with Crippen LogP contribution < -0.4 is 9.47 Å². The van der Waals surface area contributed by atoms with E-state index >= 15 is 0 Å². The van der Waals surface area contributed by atoms with Gasteiger partial charge in [-0.25, -0.2) is 9.24 Å². The Morgan fingerprint density at radius 1 is 0.946 bits per heavy atom. The molecule has 11 heteroatoms. The van der Waals surface area contributed by atoms with Crippen LogP contribution in [-0.4, -0.2) is 41.5 Å². The van der Waals surface area contributed by atoms with Crippen molar-refractivity contribution < 1.29 is 28.0 Å². The molecule has 0 aromatic heterocycles. The normalized spacial score (nSPS) is 13.1. The molecule has 0 amide bonds. The van der Waals surface area contributed by atoms with E-state index in [9.17, 15) is 14.7 Å². The van der Waals surface area contributed by atoms with Crippen molar-refractivity contribution in [3.05, 3.63) is 27.8 Å². The quantitative estimate of drug-likeness (QED) is 0.0718. The number of ether oxygens (including phenoxy) is 2. The zero-order valence-electron chi connectivity index (χ0n) is 23.2. The van der Waals surface area contributed by atoms with Crippen LogP contribution in [0.3, 0.4) is 0 Å². The van der Waals surface area contributed by atoms with Crippen molar-refractivity contribution >= 4 is 13.4 Å². The van der Waals surface area contributed by atoms with E-state index in [-0.39, 0.29) is 43.0 Å². The molecular weight excluding hydrogens is 497 g/mol. The molecule has 210 valence electrons. The Labute approximate surface area is 222 Å². The largest absolute Gasteiger partial charge is 0.490 e. The van der Waals surface area contributed by atoms with Crippen LogP contribution in [0.5, 0.6) is 11.5 Å². The van der Waals surface area contributed by atoms with Gasteiger partial charge < -0.3 is 9.47 Å². The van der Waals surface area contributed by atoms with Gasteiger partial charge in [0.2, 0.25) is 0 Å². The van der Waals surface area contributed by atoms with Crippen LogP contribution in [0, 0.1) is 21.4 Å². The van der Waals surface area contributed by atoms with Crippen LogP contribution in [0.4, 0.5) is 5.69 Å². The van der Waals surface area contributed by atoms with E-state index in [1.54, 1.807) is 4.67 Å². The molecule has 0 aliphatic rings. The lowest BCUT2D eigenvalue weighted by molar-refractivity contribution is -0.385. The number of hydrogen-bond donors (Lipinski definition) is 0. The van der Waals surface area contributed by atoms with Gasteiger partial charge in [-0.05, 0) is 46.6 Å². The predicted molar refractivity (Wildman–Crippen MR) is 144 cm³/mol. The Hall–Kier alpha value is -2.18. The molecule has 0 saturated heterocycles. The highest BCUT2D eigenvalue weighted by Gasteiger charge is 2.38. The van der Waals surface area contributed by atoms with Crippen molar-refractivity contribution in [2.24, 2.45) is 0 Å². The van der Waals surface area contributed by atoms with Crippen molar-refractivity contribution in [3.63, 3.8) is 0 Å². The molecule has 0 aliphatic carbocycles. The Kier molecular flexibility index (Phi) is 15.4. The molecule has 1 rings (SSSR count). The molecule has 37 heavy (non-hydrogen) atoms. The molecule has 0 bridgehead atoms. The monoisotopic (exact) mass is 541 g/mol. The van der Waals surface area contributed by atoms with E-state index in [0.29, 0.717) is 24.7 Å². The third-order valence-electron chi connectivity index (χ3n) is 5.55. The zero-order valence-corrected chi connectivity index (χ0v) is 24.1. The van der Waals surface area contributed by atoms with E-state index < -0.39 is 12.7 Å². The standard InChI is InChI=1S/C26H44N3O7P/c1-7-9-11-15-33-25-18-23(24(29(30)31)19-26(25)34-16-12-10-8-2)20-36-37(32,35-17-13-14-27)28(21(3)4)22(5)6/h18-19,21-22H,7-13,15-17,20H2,1-6H3. The summed E-state index contributed by atoms with van der Waals surface area (Å²) >= 11 is 0. The number of nitriles is 1. The lowest BCUT2D eigenvalue weighted by Gasteiger charge is -2.35. The van der Waals surface area contributed by atoms with Gasteiger partial charge in [-0.1, -0.05) is 39.5 Å². The summed E-state index contributed by atoms with van der Waals surface area (Å²) in [5, 5.41) is 20.9. The van der Waals surface area contributed by atoms with Crippen LogP contribution in [0.2, 0.25) is 0 Å². The van der Waals surface area contributed by atoms with E-state index in [2.05, 4.69) is 13.8 Å². The van der Waals surface area contributed by atoms with Gasteiger partial charge in [0, 0.05) is 12.1 Å². The van der Waals surface area contributed by atoms with Crippen molar-refractivity contribution in [2.75, 3.05) is 19.8 Å². The van der Waals surface area contributed by atoms with Crippen molar-refractivity contribution in [1.82, 2.24) is 4.67 Å². The first kappa shape index (κ1) is 32.8. The molecule has 0 spiro atoms. The zero-order chi connectivity index (χ0) is 27.8. The molecule has 0 saturated carbocycles. The Morgan fingerprint density at radius 2 is 1.49 bits per heavy atom. The Bertz CT molecular complexity index is 910. The number of nitrogens with zero attached hydrogens (tertiary/aromatic N) is 3. The first-order valence-corrected chi connectivity index (χ1v) is 14.7. The molecule has 0 radical (unpaired) electrons. The molecule has 1 aromatic rings. The summed E-state index contributed by atoms with van der Waals surface area (Å²) < 4.78 is 38.7. The minimum atomic E-state index is -3.88. The van der Waals surface area contributed by atoms with Gasteiger partial charge in [0.25, 0.3) is 5.69 Å². The second-order valence-corrected chi connectivity index (χ2v) is 11.3. The molecule has 0 N–H and O–H groups in total. The maximum atomic E-state index is 13.9. The second kappa shape index (κ2) is 17.4. The third kappa shape index (κ3) is 11.0. The summed E-state index contributed by atoms with van der Waals surface area (Å²) in [4.78, 5) is 11.4. The molecule has 1 unspecified atom stereocenters. The molecular formula is C26H44N3O7P. The van der Waals surface area contributed by atoms with Crippen molar-refractivity contribution in [1.29, 1.82) is 5.26 Å². The van der Waals surface area contributed by atoms with Gasteiger partial charge in [-0.3, -0.25) is 19.2 Å². The van der Waals surface area contributed by atoms with Gasteiger partial charge in [0.05, 0.1) is 55.5 Å². The van der Waals surface area contributed by atoms with E-state index in [1.165, 1.54) is 12.1 Å². The SMILES string of the molecule is CCCCCOc1cc(COP(=O)(OCCC#N)N(C(C)C)C(C)C)c([N+](=O)[O-])cc1OCCCCC. The number of unbranched alkanes of at least 4 members (excludes halogenated alkanes) is 4. The van der Waals surface area contributed by atoms with Gasteiger partial charge in [-0.2, -0.15) is 5.26 Å². The first-order chi connectivity index (χ1) is 17.6. The number of rotatable bonds is 20. The van der Waals surface area contributed by atoms with Crippen LogP contribution in [-0.2, 0) is 20.2 Å². The Morgan fingerprint density at radius 3 is 1.95 bits per heavy atom. The lowest BCUT2D eigenvalue weighted by atomic mass is 10.1. The van der Waals surface area contributed by atoms with Gasteiger partial charge in [0.1, 0.15) is 0 Å². The highest BCUT2D eigenvalue weighted by Crippen LogP contribution is 2.55. The van der Waals surface area contributed by atoms with Crippen molar-refractivity contribution in [2.45, 2.75) is 105 Å². The summed E-state index contributed by atoms with van der Waals surface area (Å²) in [6, 6.07) is 4.46. The minimum absolute atomic E-state index is 0.0390. The third-order valence-corrected chi connectivity index (χ3v) is 8.00. The maximum absolute atomic E-state index is 13.9. The van der Waals surface area contributed by atoms with Gasteiger partial charge in [-0.15, -0.1) is 0 Å². The number of nitro groups is 1. The van der Waals surface area contributed by atoms with Crippen LogP contribution in [0.25, 0.3) is 0 Å². The fraction of sp³-hybridized carbons (Fsp3) is 0.731. The highest BCUT2D eigenvalue weighted by atomic mass is 31.2. The molecule has 10 nitrogen and oxygen atoms in total. The fourth-order valence-electron chi connectivity index (χ4n) is 3.86. The molecule has 1 atom stereocenters. The van der Waals surface area contributed by atoms with Crippen molar-refractivity contribution in [3.8, 4) is 17.6 Å². The van der Waals surface area contributed by atoms with E-state index in [0.717, 1.165) is 38.5 Å². The predicted octanol–water partition coefficient (Wildman–Crippen LogP) is 7.41. The lowest BCUT2D eigenvalue weighted by Crippen LogP contribution is -2.35. The highest BCUT2D eigenvalue weighted by molar-refractivity contribution is 7.51. The Balaban J connectivity index is 3.33. The average Bonchev–Trinajstić information content (AvgIpc) is 2.83. The van der Waals surface area contributed by atoms with E-state index in [1.807, 2.05) is 33.8 Å². The average molecular weight is 542 g/mol. The molecule has 0 aliphatic heterocycles. The summed E-state index contributed by atoms with van der Waals surface area (Å²) in [5.74, 6) is 0.698. The molecule has 0 heterocycles. The number of hydrogen-bond acceptors (Lipinski definition) is 8. The van der Waals surface area contributed by atoms with E-state index in [4.69, 9.17) is 23.8 Å². The summed E-state index contributed by atoms with van der Waals surface area (Å²) in [7, 11) is -3.88. The van der Waals surface area contributed by atoms with Gasteiger partial charge >= 0.3 is 7.75 Å². The number of nitro benzene ring substituents is 1. The second-order valence-electron chi connectivity index (χ2n) is 9.35. The summed E-state index contributed by atoms with van der Waals surface area (Å²) in [6.07, 6.45) is 5.76. The van der Waals surface area contributed by atoms with Gasteiger partial charge in [0.15, 0.2) is 11.5 Å². The smallest absolute Gasteiger partial charge is 0.409 e. The topological polar surface area (TPSA) is 124 Å². The summed E-state index contributed by atoms with van der Waals surface area (Å²) in [5.41, 5.74) is -0.0106. The minimum Gasteiger partial charge on any atom is -0.490 e. The molecule has 0 fully saturated rings. The van der Waals surface area contributed by atoms with Crippen LogP contribution in [0.15, 0.2) is 12.1 Å². The number of benzene rings is 1. The fourth-order valence-corrected chi connectivity index (χ4v) is 5.96. The summed E-state index contributed by atoms with van der Waals surface area (Å²) in [6.45, 7) is 12.1. The van der Waals surface area contributed by atoms with Crippen LogP contribution >= 0.6 is 7.75 Å². The maximum Gasteiger partial charge on any atom is 0.409 e. The van der Waals surface area contributed by atoms with Crippen LogP contribution in [0.1, 0.15) is 92.1 Å². The molecule has 1 aromatic carbocycles. The first-order valence-electron chi connectivity index (χ1n) is 13.2.